The van der Waals surface area contributed by atoms with Crippen molar-refractivity contribution in [3.05, 3.63) is 82.5 Å². The van der Waals surface area contributed by atoms with Crippen molar-refractivity contribution in [2.45, 2.75) is 12.8 Å². The molecular weight excluding hydrogens is 260 g/mol. The van der Waals surface area contributed by atoms with Gasteiger partial charge in [0.15, 0.2) is 4.98 Å². The molecule has 0 aromatic heterocycles. The van der Waals surface area contributed by atoms with E-state index in [9.17, 15) is 5.11 Å². The normalized spacial score (nSPS) is 10.3. The van der Waals surface area contributed by atoms with Gasteiger partial charge in [-0.05, 0) is 24.1 Å². The van der Waals surface area contributed by atoms with Crippen LogP contribution in [0.15, 0.2) is 60.8 Å². The highest BCUT2D eigenvalue weighted by atomic mass is 16.3. The molecule has 0 amide bonds. The van der Waals surface area contributed by atoms with Crippen LogP contribution < -0.4 is 0 Å². The Kier molecular flexibility index (Phi) is 5.15. The van der Waals surface area contributed by atoms with E-state index in [-0.39, 0.29) is 5.76 Å². The van der Waals surface area contributed by atoms with Crippen LogP contribution in [0.25, 0.3) is 10.7 Å². The van der Waals surface area contributed by atoms with Crippen LogP contribution in [0.2, 0.25) is 0 Å². The fourth-order valence-corrected chi connectivity index (χ4v) is 1.95. The molecule has 0 unspecified atom stereocenters. The van der Waals surface area contributed by atoms with Gasteiger partial charge in [0.25, 0.3) is 0 Å². The number of diazo groups is 1. The zero-order chi connectivity index (χ0) is 14.9. The first-order chi connectivity index (χ1) is 10.3. The third-order valence-corrected chi connectivity index (χ3v) is 2.99. The number of aliphatic hydroxyl groups excluding tert-OH is 1. The fraction of sp³-hybridized carbons (Fsp3) is 0.111. The number of benzene rings is 2. The summed E-state index contributed by atoms with van der Waals surface area (Å²) in [5, 5.41) is 18.3. The number of rotatable bonds is 3. The standard InChI is InChI=1S/C18H14N2O/c19-20-14-18(21)17-13-7-6-12-16(17)11-5-4-10-15-8-2-1-3-9-15/h1-3,6-9,12-14H,4,10H2/p+1/b18-14-. The molecular formula is C18H15N2O+. The number of aryl methyl sites for hydroxylation is 1. The van der Waals surface area contributed by atoms with Gasteiger partial charge in [0.2, 0.25) is 11.2 Å². The van der Waals surface area contributed by atoms with E-state index in [1.54, 1.807) is 12.1 Å². The molecule has 3 heteroatoms. The zero-order valence-electron chi connectivity index (χ0n) is 11.5. The minimum absolute atomic E-state index is 0.106. The van der Waals surface area contributed by atoms with E-state index < -0.39 is 0 Å². The lowest BCUT2D eigenvalue weighted by Crippen LogP contribution is -1.88. The molecule has 0 fully saturated rings. The molecule has 0 heterocycles. The zero-order valence-corrected chi connectivity index (χ0v) is 11.5. The Morgan fingerprint density at radius 2 is 1.81 bits per heavy atom. The largest absolute Gasteiger partial charge is 0.501 e. The van der Waals surface area contributed by atoms with Gasteiger partial charge in [-0.2, -0.15) is 0 Å². The molecule has 0 bridgehead atoms. The summed E-state index contributed by atoms with van der Waals surface area (Å²) in [4.78, 5) is 2.83. The van der Waals surface area contributed by atoms with E-state index in [1.165, 1.54) is 5.56 Å². The number of hydrogen-bond donors (Lipinski definition) is 1. The lowest BCUT2D eigenvalue weighted by atomic mass is 10.1. The lowest BCUT2D eigenvalue weighted by Gasteiger charge is -1.99. The van der Waals surface area contributed by atoms with Crippen LogP contribution in [-0.4, -0.2) is 5.11 Å². The summed E-state index contributed by atoms with van der Waals surface area (Å²) in [5.74, 6) is 6.05. The van der Waals surface area contributed by atoms with Crippen molar-refractivity contribution in [1.29, 1.82) is 5.39 Å². The molecule has 0 aliphatic heterocycles. The molecule has 2 rings (SSSR count). The van der Waals surface area contributed by atoms with Crippen molar-refractivity contribution in [3.63, 3.8) is 0 Å². The Labute approximate surface area is 124 Å². The number of aliphatic hydroxyl groups is 1. The minimum Gasteiger partial charge on any atom is -0.501 e. The van der Waals surface area contributed by atoms with Crippen LogP contribution in [0.1, 0.15) is 23.1 Å². The van der Waals surface area contributed by atoms with Crippen LogP contribution in [0, 0.1) is 17.2 Å². The number of nitrogens with zero attached hydrogens (tertiary/aromatic N) is 2. The Bertz CT molecular complexity index is 731. The third-order valence-electron chi connectivity index (χ3n) is 2.99. The fourth-order valence-electron chi connectivity index (χ4n) is 1.95. The van der Waals surface area contributed by atoms with E-state index in [1.807, 2.05) is 30.3 Å². The SMILES string of the molecule is N#[N+]/C=C(\O)c1ccccc1C#CCCc1ccccc1. The van der Waals surface area contributed by atoms with E-state index in [0.29, 0.717) is 11.1 Å². The molecule has 0 atom stereocenters. The van der Waals surface area contributed by atoms with Gasteiger partial charge < -0.3 is 5.11 Å². The third kappa shape index (κ3) is 4.23. The highest BCUT2D eigenvalue weighted by molar-refractivity contribution is 5.66. The first kappa shape index (κ1) is 14.4. The molecule has 2 aromatic carbocycles. The minimum atomic E-state index is -0.106. The van der Waals surface area contributed by atoms with Gasteiger partial charge in [0, 0.05) is 17.5 Å². The van der Waals surface area contributed by atoms with Gasteiger partial charge in [-0.1, -0.05) is 54.3 Å². The summed E-state index contributed by atoms with van der Waals surface area (Å²) < 4.78 is 0. The maximum absolute atomic E-state index is 9.78. The van der Waals surface area contributed by atoms with Crippen LogP contribution in [-0.2, 0) is 6.42 Å². The monoisotopic (exact) mass is 275 g/mol. The molecule has 102 valence electrons. The molecule has 3 nitrogen and oxygen atoms in total. The predicted octanol–water partition coefficient (Wildman–Crippen LogP) is 4.38. The second-order valence-electron chi connectivity index (χ2n) is 4.46. The van der Waals surface area contributed by atoms with E-state index in [0.717, 1.165) is 19.0 Å². The molecule has 0 saturated carbocycles. The highest BCUT2D eigenvalue weighted by Crippen LogP contribution is 2.16. The smallest absolute Gasteiger partial charge is 0.392 e. The number of hydrogen-bond acceptors (Lipinski definition) is 2. The summed E-state index contributed by atoms with van der Waals surface area (Å²) in [7, 11) is 0. The molecule has 0 aliphatic carbocycles. The summed E-state index contributed by atoms with van der Waals surface area (Å²) >= 11 is 0. The first-order valence-electron chi connectivity index (χ1n) is 6.67. The van der Waals surface area contributed by atoms with Crippen molar-refractivity contribution in [3.8, 4) is 11.8 Å². The maximum Gasteiger partial charge on any atom is 0.392 e. The van der Waals surface area contributed by atoms with Crippen LogP contribution in [0.3, 0.4) is 0 Å². The van der Waals surface area contributed by atoms with Gasteiger partial charge in [-0.25, -0.2) is 0 Å². The Morgan fingerprint density at radius 3 is 2.57 bits per heavy atom. The Balaban J connectivity index is 2.09. The van der Waals surface area contributed by atoms with Crippen molar-refractivity contribution >= 4 is 5.76 Å². The van der Waals surface area contributed by atoms with Crippen molar-refractivity contribution in [1.82, 2.24) is 0 Å². The van der Waals surface area contributed by atoms with Gasteiger partial charge >= 0.3 is 6.20 Å². The molecule has 0 spiro atoms. The summed E-state index contributed by atoms with van der Waals surface area (Å²) in [6.45, 7) is 0. The van der Waals surface area contributed by atoms with Crippen molar-refractivity contribution < 1.29 is 5.11 Å². The van der Waals surface area contributed by atoms with Gasteiger partial charge in [-0.3, -0.25) is 0 Å². The molecule has 0 saturated heterocycles. The highest BCUT2D eigenvalue weighted by Gasteiger charge is 2.07. The average Bonchev–Trinajstić information content (AvgIpc) is 2.53. The molecule has 0 radical (unpaired) electrons. The van der Waals surface area contributed by atoms with Gasteiger partial charge in [0.1, 0.15) is 0 Å². The topological polar surface area (TPSA) is 48.4 Å². The van der Waals surface area contributed by atoms with Crippen molar-refractivity contribution in [2.24, 2.45) is 0 Å². The van der Waals surface area contributed by atoms with Gasteiger partial charge in [-0.15, -0.1) is 0 Å². The van der Waals surface area contributed by atoms with Crippen LogP contribution >= 0.6 is 0 Å². The molecule has 21 heavy (non-hydrogen) atoms. The van der Waals surface area contributed by atoms with E-state index >= 15 is 0 Å². The Morgan fingerprint density at radius 1 is 1.10 bits per heavy atom. The second-order valence-corrected chi connectivity index (χ2v) is 4.46. The second kappa shape index (κ2) is 7.53. The Hall–Kier alpha value is -3.04. The van der Waals surface area contributed by atoms with E-state index in [2.05, 4.69) is 28.9 Å². The summed E-state index contributed by atoms with van der Waals surface area (Å²) in [6.07, 6.45) is 2.63. The predicted molar refractivity (Wildman–Crippen MR) is 83.8 cm³/mol. The first-order valence-corrected chi connectivity index (χ1v) is 6.67. The quantitative estimate of drug-likeness (QED) is 0.513. The van der Waals surface area contributed by atoms with Crippen LogP contribution in [0.5, 0.6) is 0 Å². The van der Waals surface area contributed by atoms with Gasteiger partial charge in [0.05, 0.1) is 0 Å². The van der Waals surface area contributed by atoms with Crippen LogP contribution in [0.4, 0.5) is 0 Å². The maximum atomic E-state index is 9.78. The molecule has 1 N–H and O–H groups in total. The summed E-state index contributed by atoms with van der Waals surface area (Å²) in [6, 6.07) is 17.4. The molecule has 0 aliphatic rings. The van der Waals surface area contributed by atoms with E-state index in [4.69, 9.17) is 5.39 Å². The molecule has 2 aromatic rings. The summed E-state index contributed by atoms with van der Waals surface area (Å²) in [5.41, 5.74) is 2.52. The average molecular weight is 275 g/mol. The van der Waals surface area contributed by atoms with Crippen molar-refractivity contribution in [2.75, 3.05) is 0 Å². The lowest BCUT2D eigenvalue weighted by molar-refractivity contribution is 0.511.